The van der Waals surface area contributed by atoms with Crippen LogP contribution in [0.5, 0.6) is 0 Å². The van der Waals surface area contributed by atoms with Gasteiger partial charge in [-0.1, -0.05) is 13.0 Å². The third-order valence-electron chi connectivity index (χ3n) is 4.40. The molecule has 0 radical (unpaired) electrons. The Labute approximate surface area is 161 Å². The normalized spacial score (nSPS) is 13.1. The molecular weight excluding hydrogens is 389 g/mol. The van der Waals surface area contributed by atoms with E-state index in [1.807, 2.05) is 0 Å². The van der Waals surface area contributed by atoms with E-state index in [2.05, 4.69) is 30.6 Å². The van der Waals surface area contributed by atoms with Gasteiger partial charge in [0, 0.05) is 11.6 Å². The zero-order valence-electron chi connectivity index (χ0n) is 15.0. The van der Waals surface area contributed by atoms with Gasteiger partial charge in [-0.25, -0.2) is 9.97 Å². The lowest BCUT2D eigenvalue weighted by Crippen LogP contribution is -2.35. The smallest absolute Gasteiger partial charge is 0.368 e. The molecule has 12 heteroatoms. The van der Waals surface area contributed by atoms with Gasteiger partial charge in [-0.05, 0) is 24.6 Å². The molecule has 1 unspecified atom stereocenters. The number of rotatable bonds is 5. The number of aromatic nitrogens is 6. The molecule has 0 spiro atoms. The Balaban J connectivity index is 2.03. The van der Waals surface area contributed by atoms with Gasteiger partial charge in [-0.2, -0.15) is 22.8 Å². The molecule has 0 bridgehead atoms. The maximum absolute atomic E-state index is 13.5. The van der Waals surface area contributed by atoms with Crippen molar-refractivity contribution in [2.75, 3.05) is 5.32 Å². The number of H-pyrrole nitrogens is 1. The number of carbonyl (C=O) groups excluding carboxylic acids is 1. The van der Waals surface area contributed by atoms with Gasteiger partial charge >= 0.3 is 6.18 Å². The number of carbonyl (C=O) groups is 1. The predicted octanol–water partition coefficient (Wildman–Crippen LogP) is 2.36. The molecule has 0 aliphatic carbocycles. The summed E-state index contributed by atoms with van der Waals surface area (Å²) in [6, 6.07) is 4.47. The van der Waals surface area contributed by atoms with Crippen LogP contribution in [0.3, 0.4) is 0 Å². The fourth-order valence-electron chi connectivity index (χ4n) is 2.98. The van der Waals surface area contributed by atoms with Crippen LogP contribution >= 0.6 is 0 Å². The molecule has 0 saturated heterocycles. The van der Waals surface area contributed by atoms with Crippen molar-refractivity contribution in [3.8, 4) is 11.5 Å². The average molecular weight is 404 g/mol. The highest BCUT2D eigenvalue weighted by Gasteiger charge is 2.34. The lowest BCUT2D eigenvalue weighted by atomic mass is 10.1. The first-order valence-corrected chi connectivity index (χ1v) is 8.62. The van der Waals surface area contributed by atoms with E-state index in [-0.39, 0.29) is 28.3 Å². The Morgan fingerprint density at radius 2 is 2.10 bits per heavy atom. The van der Waals surface area contributed by atoms with Crippen LogP contribution in [0.25, 0.3) is 28.1 Å². The van der Waals surface area contributed by atoms with E-state index in [0.29, 0.717) is 12.1 Å². The highest BCUT2D eigenvalue weighted by molar-refractivity contribution is 5.95. The molecule has 4 N–H and O–H groups in total. The van der Waals surface area contributed by atoms with E-state index in [0.717, 1.165) is 6.07 Å². The van der Waals surface area contributed by atoms with Crippen LogP contribution in [0.1, 0.15) is 18.9 Å². The van der Waals surface area contributed by atoms with Crippen LogP contribution < -0.4 is 11.1 Å². The number of nitrogens with zero attached hydrogens (tertiary/aromatic N) is 5. The number of alkyl halides is 3. The molecule has 0 fully saturated rings. The number of nitrogens with two attached hydrogens (primary N) is 1. The third kappa shape index (κ3) is 3.22. The van der Waals surface area contributed by atoms with Crippen molar-refractivity contribution >= 4 is 28.4 Å². The van der Waals surface area contributed by atoms with E-state index in [1.54, 1.807) is 13.0 Å². The van der Waals surface area contributed by atoms with Gasteiger partial charge in [0.15, 0.2) is 11.5 Å². The van der Waals surface area contributed by atoms with Crippen molar-refractivity contribution in [1.82, 2.24) is 29.8 Å². The monoisotopic (exact) mass is 404 g/mol. The Bertz CT molecular complexity index is 1200. The number of aromatic amines is 1. The number of anilines is 1. The number of para-hydroxylation sites is 1. The summed E-state index contributed by atoms with van der Waals surface area (Å²) >= 11 is 0. The van der Waals surface area contributed by atoms with Crippen molar-refractivity contribution in [2.24, 2.45) is 5.73 Å². The first-order valence-electron chi connectivity index (χ1n) is 8.62. The van der Waals surface area contributed by atoms with E-state index in [9.17, 15) is 18.0 Å². The minimum absolute atomic E-state index is 0.0758. The van der Waals surface area contributed by atoms with Crippen LogP contribution in [0.2, 0.25) is 0 Å². The molecule has 0 aliphatic heterocycles. The molecule has 1 amide bonds. The number of fused-ring (bicyclic) bond motifs is 3. The summed E-state index contributed by atoms with van der Waals surface area (Å²) < 4.78 is 41.9. The van der Waals surface area contributed by atoms with Crippen molar-refractivity contribution in [3.05, 3.63) is 36.0 Å². The van der Waals surface area contributed by atoms with Gasteiger partial charge in [0.1, 0.15) is 11.7 Å². The van der Waals surface area contributed by atoms with Crippen LogP contribution in [-0.2, 0) is 11.0 Å². The minimum Gasteiger partial charge on any atom is -0.368 e. The molecule has 9 nitrogen and oxygen atoms in total. The fraction of sp³-hybridized carbons (Fsp3) is 0.235. The molecule has 4 aromatic rings. The number of halogens is 3. The number of primary amides is 1. The summed E-state index contributed by atoms with van der Waals surface area (Å²) in [5.41, 5.74) is 4.76. The number of benzene rings is 1. The van der Waals surface area contributed by atoms with Gasteiger partial charge in [-0.15, -0.1) is 5.10 Å². The van der Waals surface area contributed by atoms with Crippen molar-refractivity contribution in [1.29, 1.82) is 0 Å². The standard InChI is InChI=1S/C17H15F3N8O/c1-2-10(13(21)29)23-16-24-12-8(4-3-5-9(12)17(18,19)20)15-25-14(27-28(15)16)11-6-7-22-26-11/h3-7,10H,2H2,1H3,(H2,21,29)(H,22,26)(H,23,24). The quantitative estimate of drug-likeness (QED) is 0.469. The second-order valence-electron chi connectivity index (χ2n) is 6.28. The molecule has 4 rings (SSSR count). The predicted molar refractivity (Wildman–Crippen MR) is 97.8 cm³/mol. The zero-order valence-corrected chi connectivity index (χ0v) is 15.0. The number of nitrogens with one attached hydrogen (secondary N) is 2. The van der Waals surface area contributed by atoms with Gasteiger partial charge in [0.2, 0.25) is 11.9 Å². The zero-order chi connectivity index (χ0) is 20.8. The average Bonchev–Trinajstić information content (AvgIpc) is 3.33. The van der Waals surface area contributed by atoms with Crippen LogP contribution in [0, 0.1) is 0 Å². The second-order valence-corrected chi connectivity index (χ2v) is 6.28. The summed E-state index contributed by atoms with van der Waals surface area (Å²) in [6.07, 6.45) is -2.82. The summed E-state index contributed by atoms with van der Waals surface area (Å²) in [6.45, 7) is 1.71. The molecule has 1 atom stereocenters. The lowest BCUT2D eigenvalue weighted by Gasteiger charge is -2.16. The second kappa shape index (κ2) is 6.72. The van der Waals surface area contributed by atoms with Gasteiger partial charge in [0.25, 0.3) is 0 Å². The number of hydrogen-bond donors (Lipinski definition) is 3. The molecule has 150 valence electrons. The summed E-state index contributed by atoms with van der Waals surface area (Å²) in [5, 5.41) is 13.8. The van der Waals surface area contributed by atoms with Gasteiger partial charge in [0.05, 0.1) is 11.1 Å². The molecule has 0 aliphatic rings. The van der Waals surface area contributed by atoms with Gasteiger partial charge < -0.3 is 11.1 Å². The molecule has 1 aromatic carbocycles. The molecular formula is C17H15F3N8O. The van der Waals surface area contributed by atoms with E-state index in [4.69, 9.17) is 5.73 Å². The van der Waals surface area contributed by atoms with Crippen LogP contribution in [0.15, 0.2) is 30.5 Å². The third-order valence-corrected chi connectivity index (χ3v) is 4.40. The van der Waals surface area contributed by atoms with Crippen LogP contribution in [-0.4, -0.2) is 41.7 Å². The molecule has 0 saturated carbocycles. The van der Waals surface area contributed by atoms with Crippen molar-refractivity contribution in [2.45, 2.75) is 25.6 Å². The Hall–Kier alpha value is -3.70. The highest BCUT2D eigenvalue weighted by atomic mass is 19.4. The van der Waals surface area contributed by atoms with Crippen molar-refractivity contribution < 1.29 is 18.0 Å². The molecule has 3 aromatic heterocycles. The van der Waals surface area contributed by atoms with Crippen LogP contribution in [0.4, 0.5) is 19.1 Å². The summed E-state index contributed by atoms with van der Waals surface area (Å²) in [7, 11) is 0. The minimum atomic E-state index is -4.62. The Kier molecular flexibility index (Phi) is 4.32. The SMILES string of the molecule is CCC(Nc1nc2c(C(F)(F)F)cccc2c2nc(-c3ccn[nH]3)nn12)C(N)=O. The van der Waals surface area contributed by atoms with E-state index < -0.39 is 23.7 Å². The Morgan fingerprint density at radius 1 is 1.31 bits per heavy atom. The first-order chi connectivity index (χ1) is 13.8. The molecule has 3 heterocycles. The van der Waals surface area contributed by atoms with E-state index >= 15 is 0 Å². The lowest BCUT2D eigenvalue weighted by molar-refractivity contribution is -0.136. The largest absolute Gasteiger partial charge is 0.418 e. The fourth-order valence-corrected chi connectivity index (χ4v) is 2.98. The molecule has 29 heavy (non-hydrogen) atoms. The van der Waals surface area contributed by atoms with E-state index in [1.165, 1.54) is 22.8 Å². The summed E-state index contributed by atoms with van der Waals surface area (Å²) in [4.78, 5) is 20.1. The highest BCUT2D eigenvalue weighted by Crippen LogP contribution is 2.35. The van der Waals surface area contributed by atoms with Crippen molar-refractivity contribution in [3.63, 3.8) is 0 Å². The Morgan fingerprint density at radius 3 is 2.72 bits per heavy atom. The maximum atomic E-state index is 13.5. The van der Waals surface area contributed by atoms with Gasteiger partial charge in [-0.3, -0.25) is 9.89 Å². The topological polar surface area (TPSA) is 127 Å². The number of amides is 1. The maximum Gasteiger partial charge on any atom is 0.418 e. The summed E-state index contributed by atoms with van der Waals surface area (Å²) in [5.74, 6) is -0.530. The number of hydrogen-bond acceptors (Lipinski definition) is 6. The first kappa shape index (κ1) is 18.7.